The van der Waals surface area contributed by atoms with E-state index in [1.165, 1.54) is 0 Å². The van der Waals surface area contributed by atoms with Gasteiger partial charge in [-0.05, 0) is 27.2 Å². The Kier molecular flexibility index (Phi) is 23.6. The van der Waals surface area contributed by atoms with Crippen LogP contribution in [-0.2, 0) is 19.1 Å². The van der Waals surface area contributed by atoms with Crippen molar-refractivity contribution < 1.29 is 29.0 Å². The summed E-state index contributed by atoms with van der Waals surface area (Å²) in [4.78, 5) is 38.0. The number of hydrogen-bond acceptors (Lipinski definition) is 5. The fourth-order valence-corrected chi connectivity index (χ4v) is 0.996. The van der Waals surface area contributed by atoms with E-state index in [9.17, 15) is 9.59 Å². The lowest BCUT2D eigenvalue weighted by atomic mass is 10.2. The molecule has 0 spiro atoms. The number of ether oxygens (including phenoxy) is 1. The van der Waals surface area contributed by atoms with Gasteiger partial charge in [-0.25, -0.2) is 9.59 Å². The molecule has 0 aliphatic carbocycles. The summed E-state index contributed by atoms with van der Waals surface area (Å²) in [6.07, 6.45) is 0.393. The number of carboxylic acids is 1. The van der Waals surface area contributed by atoms with E-state index >= 15 is 0 Å². The van der Waals surface area contributed by atoms with Crippen LogP contribution < -0.4 is 5.32 Å². The number of nitrogens with one attached hydrogen (secondary N) is 1. The molecule has 0 bridgehead atoms. The molecular formula is C14H29NO6. The lowest BCUT2D eigenvalue weighted by molar-refractivity contribution is -0.139. The second-order valence-electron chi connectivity index (χ2n) is 4.33. The molecule has 1 amide bonds. The van der Waals surface area contributed by atoms with E-state index in [1.807, 2.05) is 34.3 Å². The summed E-state index contributed by atoms with van der Waals surface area (Å²) >= 11 is 0. The van der Waals surface area contributed by atoms with Crippen molar-refractivity contribution in [2.75, 3.05) is 0 Å². The predicted octanol–water partition coefficient (Wildman–Crippen LogP) is 2.42. The maximum Gasteiger partial charge on any atom is 0.408 e. The van der Waals surface area contributed by atoms with Gasteiger partial charge >= 0.3 is 12.1 Å². The van der Waals surface area contributed by atoms with Gasteiger partial charge in [0.25, 0.3) is 0 Å². The summed E-state index contributed by atoms with van der Waals surface area (Å²) in [6, 6.07) is -0.871. The van der Waals surface area contributed by atoms with Crippen LogP contribution in [0.15, 0.2) is 0 Å². The first kappa shape index (κ1) is 27.4. The predicted molar refractivity (Wildman–Crippen MR) is 81.3 cm³/mol. The number of alkyl carbamates (subject to hydrolysis) is 1. The number of carbonyl (C=O) groups excluding carboxylic acids is 3. The van der Waals surface area contributed by atoms with Gasteiger partial charge in [-0.15, -0.1) is 0 Å². The van der Waals surface area contributed by atoms with Crippen LogP contribution in [-0.4, -0.2) is 42.4 Å². The maximum atomic E-state index is 11.3. The number of amides is 1. The fourth-order valence-electron chi connectivity index (χ4n) is 0.996. The first-order chi connectivity index (χ1) is 9.76. The molecule has 0 fully saturated rings. The highest BCUT2D eigenvalue weighted by atomic mass is 16.6. The number of carboxylic acid groups (broad SMARTS) is 1. The van der Waals surface area contributed by atoms with Crippen LogP contribution in [0.2, 0.25) is 0 Å². The van der Waals surface area contributed by atoms with Crippen molar-refractivity contribution in [3.05, 3.63) is 0 Å². The van der Waals surface area contributed by atoms with Crippen LogP contribution in [0.4, 0.5) is 4.79 Å². The molecule has 0 saturated heterocycles. The highest BCUT2D eigenvalue weighted by Gasteiger charge is 2.22. The summed E-state index contributed by atoms with van der Waals surface area (Å²) in [5.74, 6) is -1.04. The summed E-state index contributed by atoms with van der Waals surface area (Å²) < 4.78 is 4.95. The standard InChI is InChI=1S/C10H19NO4.C2H6.2CH2O/c1-5-6-7(8(12)13)11-9(14)15-10(2,3)4;3*1-2/h7H,5-6H2,1-4H3,(H,11,14)(H,12,13);1-2H3;2*1H2. The Balaban J connectivity index is -0.000000212. The van der Waals surface area contributed by atoms with Gasteiger partial charge in [-0.1, -0.05) is 27.2 Å². The minimum atomic E-state index is -1.04. The van der Waals surface area contributed by atoms with Crippen molar-refractivity contribution in [2.24, 2.45) is 0 Å². The van der Waals surface area contributed by atoms with E-state index in [0.717, 1.165) is 0 Å². The normalized spacial score (nSPS) is 10.0. The highest BCUT2D eigenvalue weighted by Crippen LogP contribution is 2.07. The first-order valence-corrected chi connectivity index (χ1v) is 6.56. The molecule has 0 aromatic rings. The molecule has 0 aliphatic heterocycles. The number of hydrogen-bond donors (Lipinski definition) is 2. The molecule has 0 radical (unpaired) electrons. The van der Waals surface area contributed by atoms with Crippen molar-refractivity contribution in [1.29, 1.82) is 0 Å². The van der Waals surface area contributed by atoms with E-state index in [2.05, 4.69) is 5.32 Å². The summed E-state index contributed by atoms with van der Waals surface area (Å²) in [5, 5.41) is 11.1. The fraction of sp³-hybridized carbons (Fsp3) is 0.714. The number of rotatable bonds is 4. The zero-order chi connectivity index (χ0) is 18.1. The second kappa shape index (κ2) is 18.1. The smallest absolute Gasteiger partial charge is 0.408 e. The SMILES string of the molecule is C=O.C=O.CC.CCCC(NC(=O)OC(C)(C)C)C(=O)O. The molecule has 7 heteroatoms. The second-order valence-corrected chi connectivity index (χ2v) is 4.33. The third-order valence-electron chi connectivity index (χ3n) is 1.57. The van der Waals surface area contributed by atoms with Crippen LogP contribution in [0.5, 0.6) is 0 Å². The topological polar surface area (TPSA) is 110 Å². The van der Waals surface area contributed by atoms with Crippen molar-refractivity contribution >= 4 is 25.6 Å². The average Bonchev–Trinajstić information content (AvgIpc) is 2.43. The van der Waals surface area contributed by atoms with Gasteiger partial charge in [0.1, 0.15) is 25.2 Å². The molecule has 0 aromatic carbocycles. The van der Waals surface area contributed by atoms with Gasteiger partial charge < -0.3 is 24.7 Å². The molecule has 0 aliphatic rings. The van der Waals surface area contributed by atoms with Crippen LogP contribution >= 0.6 is 0 Å². The molecule has 0 rings (SSSR count). The largest absolute Gasteiger partial charge is 0.480 e. The zero-order valence-corrected chi connectivity index (χ0v) is 13.9. The molecular weight excluding hydrogens is 278 g/mol. The molecule has 21 heavy (non-hydrogen) atoms. The van der Waals surface area contributed by atoms with Gasteiger partial charge in [0.15, 0.2) is 0 Å². The van der Waals surface area contributed by atoms with E-state index in [4.69, 9.17) is 19.4 Å². The lowest BCUT2D eigenvalue weighted by Crippen LogP contribution is -2.43. The Labute approximate surface area is 127 Å². The zero-order valence-electron chi connectivity index (χ0n) is 13.9. The third kappa shape index (κ3) is 23.6. The van der Waals surface area contributed by atoms with Gasteiger partial charge in [0.05, 0.1) is 0 Å². The molecule has 1 unspecified atom stereocenters. The van der Waals surface area contributed by atoms with Crippen molar-refractivity contribution in [2.45, 2.75) is 66.0 Å². The molecule has 126 valence electrons. The Morgan fingerprint density at radius 3 is 1.76 bits per heavy atom. The Bertz CT molecular complexity index is 261. The number of carbonyl (C=O) groups is 4. The van der Waals surface area contributed by atoms with Crippen LogP contribution in [0.3, 0.4) is 0 Å². The van der Waals surface area contributed by atoms with Crippen LogP contribution in [0.25, 0.3) is 0 Å². The summed E-state index contributed by atoms with van der Waals surface area (Å²) in [5.41, 5.74) is -0.612. The van der Waals surface area contributed by atoms with E-state index in [0.29, 0.717) is 12.8 Å². The van der Waals surface area contributed by atoms with Crippen LogP contribution in [0, 0.1) is 0 Å². The van der Waals surface area contributed by atoms with Gasteiger partial charge in [0.2, 0.25) is 0 Å². The van der Waals surface area contributed by atoms with E-state index in [1.54, 1.807) is 20.8 Å². The Morgan fingerprint density at radius 2 is 1.52 bits per heavy atom. The Morgan fingerprint density at radius 1 is 1.14 bits per heavy atom. The molecule has 0 heterocycles. The van der Waals surface area contributed by atoms with E-state index in [-0.39, 0.29) is 0 Å². The molecule has 1 atom stereocenters. The van der Waals surface area contributed by atoms with Crippen molar-refractivity contribution in [1.82, 2.24) is 5.32 Å². The minimum Gasteiger partial charge on any atom is -0.480 e. The Hall–Kier alpha value is -1.92. The van der Waals surface area contributed by atoms with Crippen molar-refractivity contribution in [3.63, 3.8) is 0 Å². The molecule has 7 nitrogen and oxygen atoms in total. The van der Waals surface area contributed by atoms with Crippen LogP contribution in [0.1, 0.15) is 54.4 Å². The quantitative estimate of drug-likeness (QED) is 0.825. The molecule has 2 N–H and O–H groups in total. The third-order valence-corrected chi connectivity index (χ3v) is 1.57. The number of aliphatic carboxylic acids is 1. The molecule has 0 aromatic heterocycles. The monoisotopic (exact) mass is 307 g/mol. The summed E-state index contributed by atoms with van der Waals surface area (Å²) in [7, 11) is 0. The minimum absolute atomic E-state index is 0.397. The molecule has 0 saturated carbocycles. The highest BCUT2D eigenvalue weighted by molar-refractivity contribution is 5.79. The average molecular weight is 307 g/mol. The van der Waals surface area contributed by atoms with Gasteiger partial charge in [-0.3, -0.25) is 0 Å². The summed E-state index contributed by atoms with van der Waals surface area (Å²) in [6.45, 7) is 15.0. The lowest BCUT2D eigenvalue weighted by Gasteiger charge is -2.21. The first-order valence-electron chi connectivity index (χ1n) is 6.56. The van der Waals surface area contributed by atoms with Gasteiger partial charge in [-0.2, -0.15) is 0 Å². The van der Waals surface area contributed by atoms with E-state index < -0.39 is 23.7 Å². The van der Waals surface area contributed by atoms with Gasteiger partial charge in [0, 0.05) is 0 Å². The maximum absolute atomic E-state index is 11.3. The van der Waals surface area contributed by atoms with Crippen molar-refractivity contribution in [3.8, 4) is 0 Å².